The molecule has 1 unspecified atom stereocenters. The zero-order valence-electron chi connectivity index (χ0n) is 29.9. The third-order valence-electron chi connectivity index (χ3n) is 10.8. The molecular weight excluding hydrogens is 672 g/mol. The van der Waals surface area contributed by atoms with Crippen LogP contribution in [0.4, 0.5) is 0 Å². The summed E-state index contributed by atoms with van der Waals surface area (Å²) in [6, 6.07) is 30.1. The number of hydrogen-bond donors (Lipinski definition) is 4. The molecule has 5 heterocycles. The third-order valence-corrected chi connectivity index (χ3v) is 10.8. The minimum atomic E-state index is -0.625. The highest BCUT2D eigenvalue weighted by Gasteiger charge is 2.38. The van der Waals surface area contributed by atoms with Crippen LogP contribution >= 0.6 is 0 Å². The SMILES string of the molecule is [B]N[C@@H](C(=O)N1CCC[C@H]1C1=NCC(c2ccc(-c3ccc(-c4cnc([C@@H]5CCCN5C(=O)[C@H](N[B])c5ccccc5)[nH]4)cn3)cc2)N1)c1ccccc1. The molecule has 3 aromatic carbocycles. The number of aliphatic imine (C=N–C) groups is 1. The Morgan fingerprint density at radius 1 is 0.704 bits per heavy atom. The molecule has 268 valence electrons. The van der Waals surface area contributed by atoms with Gasteiger partial charge in [0.2, 0.25) is 11.8 Å². The molecule has 13 heteroatoms. The average molecular weight is 713 g/mol. The fourth-order valence-corrected chi connectivity index (χ4v) is 7.98. The molecule has 3 aliphatic heterocycles. The molecule has 0 spiro atoms. The maximum atomic E-state index is 13.6. The Kier molecular flexibility index (Phi) is 10.4. The second-order valence-electron chi connectivity index (χ2n) is 14.1. The number of nitrogens with zero attached hydrogens (tertiary/aromatic N) is 5. The first-order chi connectivity index (χ1) is 26.5. The largest absolute Gasteiger partial charge is 0.363 e. The van der Waals surface area contributed by atoms with Crippen LogP contribution in [0.3, 0.4) is 0 Å². The summed E-state index contributed by atoms with van der Waals surface area (Å²) in [5.41, 5.74) is 6.41. The van der Waals surface area contributed by atoms with Crippen molar-refractivity contribution < 1.29 is 9.59 Å². The van der Waals surface area contributed by atoms with Crippen molar-refractivity contribution in [2.75, 3.05) is 19.6 Å². The van der Waals surface area contributed by atoms with E-state index >= 15 is 0 Å². The van der Waals surface area contributed by atoms with Crippen LogP contribution in [-0.4, -0.2) is 84.0 Å². The van der Waals surface area contributed by atoms with Gasteiger partial charge in [-0.05, 0) is 54.5 Å². The highest BCUT2D eigenvalue weighted by molar-refractivity contribution is 6.07. The summed E-state index contributed by atoms with van der Waals surface area (Å²) in [4.78, 5) is 48.7. The number of imidazole rings is 1. The van der Waals surface area contributed by atoms with Gasteiger partial charge in [-0.2, -0.15) is 0 Å². The quantitative estimate of drug-likeness (QED) is 0.147. The number of amidine groups is 1. The van der Waals surface area contributed by atoms with E-state index in [1.165, 1.54) is 0 Å². The number of pyridine rings is 1. The molecule has 5 aromatic rings. The number of likely N-dealkylation sites (tertiary alicyclic amines) is 2. The van der Waals surface area contributed by atoms with Gasteiger partial charge < -0.3 is 30.6 Å². The lowest BCUT2D eigenvalue weighted by atomic mass is 10.0. The summed E-state index contributed by atoms with van der Waals surface area (Å²) in [5.74, 6) is 1.50. The number of carbonyl (C=O) groups excluding carboxylic acids is 2. The number of nitrogens with one attached hydrogen (secondary N) is 4. The Balaban J connectivity index is 0.892. The molecule has 5 atom stereocenters. The minimum Gasteiger partial charge on any atom is -0.363 e. The van der Waals surface area contributed by atoms with Gasteiger partial charge in [-0.25, -0.2) is 4.98 Å². The van der Waals surface area contributed by atoms with Crippen molar-refractivity contribution in [3.05, 3.63) is 132 Å². The standard InChI is InChI=1S/C41H41B2N9O2/c42-49-36(28-9-3-1-4-10-28)40(53)51-21-7-13-34(51)38-45-24-32(47-38)27-17-15-26(16-18-27)31-20-19-30(23-44-31)33-25-46-39(48-33)35-14-8-22-52(35)41(54)37(50-43)29-11-5-2-6-12-29/h1-6,9-12,15-20,23,25,32,34-37,49-50H,7-8,13-14,21-22,24H2,(H,45,47)(H,46,48)/t32?,34-,35-,36+,37+/m0/s1. The number of benzene rings is 3. The number of amides is 2. The number of aromatic nitrogens is 3. The van der Waals surface area contributed by atoms with E-state index in [1.807, 2.05) is 88.8 Å². The van der Waals surface area contributed by atoms with Crippen molar-refractivity contribution in [1.82, 2.24) is 40.5 Å². The molecule has 4 radical (unpaired) electrons. The molecule has 2 amide bonds. The summed E-state index contributed by atoms with van der Waals surface area (Å²) >= 11 is 0. The summed E-state index contributed by atoms with van der Waals surface area (Å²) in [6.45, 7) is 1.92. The monoisotopic (exact) mass is 713 g/mol. The Morgan fingerprint density at radius 3 is 1.89 bits per heavy atom. The summed E-state index contributed by atoms with van der Waals surface area (Å²) in [7, 11) is 11.7. The summed E-state index contributed by atoms with van der Waals surface area (Å²) < 4.78 is 0. The molecule has 2 aromatic heterocycles. The number of H-pyrrole nitrogens is 1. The molecule has 0 aliphatic carbocycles. The lowest BCUT2D eigenvalue weighted by Gasteiger charge is -2.29. The zero-order valence-corrected chi connectivity index (χ0v) is 29.9. The summed E-state index contributed by atoms with van der Waals surface area (Å²) in [6.07, 6.45) is 7.14. The van der Waals surface area contributed by atoms with Gasteiger partial charge in [-0.1, -0.05) is 84.9 Å². The van der Waals surface area contributed by atoms with Crippen LogP contribution in [0.2, 0.25) is 0 Å². The van der Waals surface area contributed by atoms with E-state index in [0.717, 1.165) is 76.5 Å². The van der Waals surface area contributed by atoms with E-state index in [0.29, 0.717) is 19.6 Å². The average Bonchev–Trinajstić information content (AvgIpc) is 4.07. The third kappa shape index (κ3) is 7.09. The molecule has 0 saturated carbocycles. The van der Waals surface area contributed by atoms with Crippen LogP contribution < -0.4 is 15.8 Å². The van der Waals surface area contributed by atoms with Gasteiger partial charge in [0.15, 0.2) is 16.0 Å². The van der Waals surface area contributed by atoms with Gasteiger partial charge in [0.1, 0.15) is 23.7 Å². The van der Waals surface area contributed by atoms with Crippen molar-refractivity contribution in [3.63, 3.8) is 0 Å². The normalized spacial score (nSPS) is 20.7. The highest BCUT2D eigenvalue weighted by Crippen LogP contribution is 2.34. The lowest BCUT2D eigenvalue weighted by molar-refractivity contribution is -0.134. The smallest absolute Gasteiger partial charge is 0.243 e. The molecule has 11 nitrogen and oxygen atoms in total. The van der Waals surface area contributed by atoms with Gasteiger partial charge in [0.25, 0.3) is 0 Å². The summed E-state index contributed by atoms with van der Waals surface area (Å²) in [5, 5.41) is 9.03. The van der Waals surface area contributed by atoms with Crippen molar-refractivity contribution in [2.45, 2.75) is 55.9 Å². The topological polar surface area (TPSA) is 131 Å². The Labute approximate surface area is 318 Å². The fourth-order valence-electron chi connectivity index (χ4n) is 7.98. The first-order valence-electron chi connectivity index (χ1n) is 18.6. The van der Waals surface area contributed by atoms with Crippen molar-refractivity contribution in [2.24, 2.45) is 4.99 Å². The molecule has 8 rings (SSSR count). The lowest BCUT2D eigenvalue weighted by Crippen LogP contribution is -2.48. The van der Waals surface area contributed by atoms with Crippen LogP contribution in [0.1, 0.15) is 72.4 Å². The van der Waals surface area contributed by atoms with Crippen LogP contribution in [0.25, 0.3) is 22.5 Å². The highest BCUT2D eigenvalue weighted by atomic mass is 16.2. The van der Waals surface area contributed by atoms with Gasteiger partial charge in [0, 0.05) is 30.4 Å². The minimum absolute atomic E-state index is 0.0240. The first kappa shape index (κ1) is 35.5. The maximum Gasteiger partial charge on any atom is 0.243 e. The van der Waals surface area contributed by atoms with Crippen LogP contribution in [0.15, 0.2) is 114 Å². The van der Waals surface area contributed by atoms with E-state index in [4.69, 9.17) is 25.9 Å². The zero-order chi connectivity index (χ0) is 37.0. The molecule has 3 aliphatic rings. The molecule has 4 N–H and O–H groups in total. The predicted molar refractivity (Wildman–Crippen MR) is 210 cm³/mol. The second-order valence-corrected chi connectivity index (χ2v) is 14.1. The number of rotatable bonds is 11. The Bertz CT molecular complexity index is 2090. The Morgan fingerprint density at radius 2 is 1.30 bits per heavy atom. The molecule has 0 bridgehead atoms. The molecule has 2 fully saturated rings. The van der Waals surface area contributed by atoms with E-state index < -0.39 is 12.1 Å². The number of aromatic amines is 1. The van der Waals surface area contributed by atoms with Crippen LogP contribution in [0.5, 0.6) is 0 Å². The van der Waals surface area contributed by atoms with E-state index in [1.54, 1.807) is 6.20 Å². The molecular formula is C41H41B2N9O2. The molecule has 2 saturated heterocycles. The Hall–Kier alpha value is -5.52. The van der Waals surface area contributed by atoms with Gasteiger partial charge >= 0.3 is 0 Å². The first-order valence-corrected chi connectivity index (χ1v) is 18.6. The fraction of sp³-hybridized carbons (Fsp3) is 0.293. The number of carbonyl (C=O) groups is 2. The van der Waals surface area contributed by atoms with Gasteiger partial charge in [-0.15, -0.1) is 0 Å². The van der Waals surface area contributed by atoms with Crippen molar-refractivity contribution in [3.8, 4) is 22.5 Å². The van der Waals surface area contributed by atoms with E-state index in [-0.39, 0.29) is 29.9 Å². The second kappa shape index (κ2) is 15.8. The predicted octanol–water partition coefficient (Wildman–Crippen LogP) is 4.66. The number of hydrogen-bond acceptors (Lipinski definition) is 8. The molecule has 54 heavy (non-hydrogen) atoms. The van der Waals surface area contributed by atoms with Crippen molar-refractivity contribution in [1.29, 1.82) is 0 Å². The van der Waals surface area contributed by atoms with E-state index in [2.05, 4.69) is 50.0 Å². The van der Waals surface area contributed by atoms with Gasteiger partial charge in [0.05, 0.1) is 42.3 Å². The van der Waals surface area contributed by atoms with Crippen LogP contribution in [0, 0.1) is 0 Å². The van der Waals surface area contributed by atoms with Crippen molar-refractivity contribution >= 4 is 33.6 Å². The van der Waals surface area contributed by atoms with Crippen LogP contribution in [-0.2, 0) is 9.59 Å². The maximum absolute atomic E-state index is 13.6. The van der Waals surface area contributed by atoms with Gasteiger partial charge in [-0.3, -0.25) is 19.6 Å². The van der Waals surface area contributed by atoms with E-state index in [9.17, 15) is 9.59 Å².